The Morgan fingerprint density at radius 2 is 1.78 bits per heavy atom. The van der Waals surface area contributed by atoms with Crippen LogP contribution in [-0.4, -0.2) is 13.2 Å². The highest BCUT2D eigenvalue weighted by atomic mass is 16.3. The second-order valence-electron chi connectivity index (χ2n) is 7.13. The predicted octanol–water partition coefficient (Wildman–Crippen LogP) is 5.70. The van der Waals surface area contributed by atoms with E-state index in [1.54, 1.807) is 0 Å². The molecule has 0 bridgehead atoms. The molecule has 0 saturated heterocycles. The molecular weight excluding hydrogens is 334 g/mol. The number of furan rings is 1. The quantitative estimate of drug-likeness (QED) is 0.440. The van der Waals surface area contributed by atoms with Crippen molar-refractivity contribution in [3.8, 4) is 6.07 Å². The molecule has 1 aromatic heterocycles. The fraction of sp³-hybridized carbons (Fsp3) is 0.174. The fourth-order valence-corrected chi connectivity index (χ4v) is 4.21. The van der Waals surface area contributed by atoms with Gasteiger partial charge >= 0.3 is 0 Å². The first-order chi connectivity index (χ1) is 13.1. The molecule has 3 aromatic carbocycles. The van der Waals surface area contributed by atoms with Gasteiger partial charge in [0.2, 0.25) is 0 Å². The van der Waals surface area contributed by atoms with E-state index in [0.717, 1.165) is 39.0 Å². The summed E-state index contributed by atoms with van der Waals surface area (Å²) in [5.74, 6) is 0. The summed E-state index contributed by atoms with van der Waals surface area (Å²) in [4.78, 5) is 4.45. The van der Waals surface area contributed by atoms with E-state index in [1.165, 1.54) is 5.56 Å². The Labute approximate surface area is 157 Å². The summed E-state index contributed by atoms with van der Waals surface area (Å²) in [6.07, 6.45) is 0.107. The molecule has 4 heteroatoms. The third-order valence-electron chi connectivity index (χ3n) is 5.64. The largest absolute Gasteiger partial charge is 0.456 e. The molecule has 4 nitrogen and oxygen atoms in total. The number of benzene rings is 3. The van der Waals surface area contributed by atoms with Crippen LogP contribution in [0.5, 0.6) is 0 Å². The Hall–Kier alpha value is -3.45. The van der Waals surface area contributed by atoms with Crippen molar-refractivity contribution in [3.63, 3.8) is 0 Å². The van der Waals surface area contributed by atoms with Gasteiger partial charge in [0.25, 0.3) is 0 Å². The number of anilines is 3. The predicted molar refractivity (Wildman–Crippen MR) is 110 cm³/mol. The molecule has 1 atom stereocenters. The van der Waals surface area contributed by atoms with Gasteiger partial charge in [0.1, 0.15) is 23.4 Å². The number of aryl methyl sites for hydroxylation is 1. The molecule has 0 aliphatic carbocycles. The molecule has 0 radical (unpaired) electrons. The number of rotatable bonds is 1. The minimum absolute atomic E-state index is 0.107. The van der Waals surface area contributed by atoms with E-state index < -0.39 is 0 Å². The SMILES string of the molecule is Cc1cc2c(cc1N1c3cccc(C#N)c3N(C)[C@@H]1C)oc1ccccc12. The van der Waals surface area contributed by atoms with Gasteiger partial charge < -0.3 is 14.2 Å². The summed E-state index contributed by atoms with van der Waals surface area (Å²) in [6.45, 7) is 4.29. The summed E-state index contributed by atoms with van der Waals surface area (Å²) < 4.78 is 6.11. The average Bonchev–Trinajstić information content (AvgIpc) is 3.16. The lowest BCUT2D eigenvalue weighted by Crippen LogP contribution is -2.36. The number of nitrogens with zero attached hydrogens (tertiary/aromatic N) is 3. The van der Waals surface area contributed by atoms with Crippen molar-refractivity contribution in [1.29, 1.82) is 5.26 Å². The van der Waals surface area contributed by atoms with Gasteiger partial charge in [-0.05, 0) is 43.7 Å². The zero-order chi connectivity index (χ0) is 18.7. The minimum Gasteiger partial charge on any atom is -0.456 e. The molecule has 0 unspecified atom stereocenters. The van der Waals surface area contributed by atoms with Crippen LogP contribution >= 0.6 is 0 Å². The highest BCUT2D eigenvalue weighted by Gasteiger charge is 2.34. The Bertz CT molecular complexity index is 1250. The van der Waals surface area contributed by atoms with Crippen LogP contribution in [0.2, 0.25) is 0 Å². The Morgan fingerprint density at radius 3 is 2.59 bits per heavy atom. The molecule has 0 fully saturated rings. The second kappa shape index (κ2) is 5.52. The summed E-state index contributed by atoms with van der Waals surface area (Å²) in [6, 6.07) is 20.7. The van der Waals surface area contributed by atoms with Crippen molar-refractivity contribution in [2.45, 2.75) is 20.0 Å². The maximum absolute atomic E-state index is 9.53. The third kappa shape index (κ3) is 2.09. The van der Waals surface area contributed by atoms with E-state index in [4.69, 9.17) is 4.42 Å². The summed E-state index contributed by atoms with van der Waals surface area (Å²) in [5, 5.41) is 11.8. The Morgan fingerprint density at radius 1 is 0.963 bits per heavy atom. The summed E-state index contributed by atoms with van der Waals surface area (Å²) in [5.41, 5.74) is 6.82. The van der Waals surface area contributed by atoms with Crippen molar-refractivity contribution in [1.82, 2.24) is 0 Å². The van der Waals surface area contributed by atoms with Crippen LogP contribution in [0.4, 0.5) is 17.1 Å². The summed E-state index contributed by atoms with van der Waals surface area (Å²) in [7, 11) is 2.04. The van der Waals surface area contributed by atoms with Crippen LogP contribution in [0.25, 0.3) is 21.9 Å². The van der Waals surface area contributed by atoms with Crippen LogP contribution in [-0.2, 0) is 0 Å². The first kappa shape index (κ1) is 15.8. The van der Waals surface area contributed by atoms with Gasteiger partial charge in [-0.15, -0.1) is 0 Å². The van der Waals surface area contributed by atoms with Gasteiger partial charge in [-0.1, -0.05) is 24.3 Å². The molecular formula is C23H19N3O. The highest BCUT2D eigenvalue weighted by molar-refractivity contribution is 6.06. The standard InChI is InChI=1S/C23H19N3O/c1-14-11-18-17-8-4-5-10-21(17)27-22(18)12-20(14)26-15(2)25(3)23-16(13-24)7-6-9-19(23)26/h4-12,15H,1-3H3/t15-/m0/s1. The molecule has 1 aliphatic heterocycles. The number of hydrogen-bond donors (Lipinski definition) is 0. The van der Waals surface area contributed by atoms with Crippen molar-refractivity contribution in [2.75, 3.05) is 16.8 Å². The molecule has 0 amide bonds. The molecule has 27 heavy (non-hydrogen) atoms. The Balaban J connectivity index is 1.76. The second-order valence-corrected chi connectivity index (χ2v) is 7.13. The van der Waals surface area contributed by atoms with Crippen molar-refractivity contribution in [2.24, 2.45) is 0 Å². The zero-order valence-electron chi connectivity index (χ0n) is 15.5. The average molecular weight is 353 g/mol. The van der Waals surface area contributed by atoms with E-state index in [-0.39, 0.29) is 6.17 Å². The molecule has 0 saturated carbocycles. The molecule has 132 valence electrons. The van der Waals surface area contributed by atoms with E-state index in [1.807, 2.05) is 37.4 Å². The zero-order valence-corrected chi connectivity index (χ0v) is 15.5. The number of para-hydroxylation sites is 2. The lowest BCUT2D eigenvalue weighted by Gasteiger charge is -2.29. The van der Waals surface area contributed by atoms with E-state index in [9.17, 15) is 5.26 Å². The van der Waals surface area contributed by atoms with Crippen LogP contribution in [0.15, 0.2) is 59.0 Å². The number of hydrogen-bond acceptors (Lipinski definition) is 4. The normalized spacial score (nSPS) is 16.1. The van der Waals surface area contributed by atoms with Crippen LogP contribution in [0.1, 0.15) is 18.1 Å². The monoisotopic (exact) mass is 353 g/mol. The Kier molecular flexibility index (Phi) is 3.23. The highest BCUT2D eigenvalue weighted by Crippen LogP contribution is 2.47. The van der Waals surface area contributed by atoms with Crippen molar-refractivity contribution in [3.05, 3.63) is 65.7 Å². The van der Waals surface area contributed by atoms with Crippen LogP contribution in [0.3, 0.4) is 0 Å². The van der Waals surface area contributed by atoms with Gasteiger partial charge in [0.05, 0.1) is 16.9 Å². The lowest BCUT2D eigenvalue weighted by molar-refractivity contribution is 0.668. The van der Waals surface area contributed by atoms with Gasteiger partial charge in [0, 0.05) is 29.6 Å². The first-order valence-electron chi connectivity index (χ1n) is 9.07. The molecule has 0 spiro atoms. The molecule has 2 heterocycles. The lowest BCUT2D eigenvalue weighted by atomic mass is 10.1. The molecule has 1 aliphatic rings. The topological polar surface area (TPSA) is 43.4 Å². The van der Waals surface area contributed by atoms with E-state index in [2.05, 4.69) is 54.0 Å². The maximum Gasteiger partial charge on any atom is 0.137 e. The van der Waals surface area contributed by atoms with Gasteiger partial charge in [-0.3, -0.25) is 0 Å². The smallest absolute Gasteiger partial charge is 0.137 e. The van der Waals surface area contributed by atoms with Crippen molar-refractivity contribution < 1.29 is 4.42 Å². The van der Waals surface area contributed by atoms with Gasteiger partial charge in [-0.2, -0.15) is 5.26 Å². The number of nitriles is 1. The third-order valence-corrected chi connectivity index (χ3v) is 5.64. The molecule has 0 N–H and O–H groups in total. The van der Waals surface area contributed by atoms with E-state index in [0.29, 0.717) is 5.56 Å². The van der Waals surface area contributed by atoms with E-state index >= 15 is 0 Å². The van der Waals surface area contributed by atoms with Gasteiger partial charge in [0.15, 0.2) is 0 Å². The fourth-order valence-electron chi connectivity index (χ4n) is 4.21. The molecule has 4 aromatic rings. The van der Waals surface area contributed by atoms with Gasteiger partial charge in [-0.25, -0.2) is 0 Å². The molecule has 5 rings (SSSR count). The number of fused-ring (bicyclic) bond motifs is 4. The first-order valence-corrected chi connectivity index (χ1v) is 9.07. The summed E-state index contributed by atoms with van der Waals surface area (Å²) >= 11 is 0. The van der Waals surface area contributed by atoms with Crippen LogP contribution in [0, 0.1) is 18.3 Å². The van der Waals surface area contributed by atoms with Crippen LogP contribution < -0.4 is 9.80 Å². The minimum atomic E-state index is 0.107. The maximum atomic E-state index is 9.53. The van der Waals surface area contributed by atoms with Crippen molar-refractivity contribution >= 4 is 39.0 Å².